The van der Waals surface area contributed by atoms with Crippen molar-refractivity contribution in [1.82, 2.24) is 9.88 Å². The summed E-state index contributed by atoms with van der Waals surface area (Å²) in [6.07, 6.45) is 2.14. The van der Waals surface area contributed by atoms with Crippen LogP contribution in [0.15, 0.2) is 21.5 Å². The van der Waals surface area contributed by atoms with Gasteiger partial charge in [-0.1, -0.05) is 0 Å². The van der Waals surface area contributed by atoms with Crippen molar-refractivity contribution in [2.75, 3.05) is 25.1 Å². The Hall–Kier alpha value is -1.38. The van der Waals surface area contributed by atoms with Gasteiger partial charge in [-0.2, -0.15) is 0 Å². The average molecular weight is 346 g/mol. The first-order chi connectivity index (χ1) is 9.46. The Morgan fingerprint density at radius 3 is 3.00 bits per heavy atom. The molecule has 0 saturated carbocycles. The standard InChI is InChI=1S/C12H16BrN3O4/c1-16-5-8(13)4-9(10(16)18)14-11(19)15-12(6-17)2-3-20-7-12/h4-5,17H,2-3,6-7H2,1H3,(H2,14,15,19). The van der Waals surface area contributed by atoms with Crippen LogP contribution in [0.2, 0.25) is 0 Å². The molecule has 7 nitrogen and oxygen atoms in total. The Kier molecular flexibility index (Phi) is 4.46. The van der Waals surface area contributed by atoms with Gasteiger partial charge in [0.05, 0.1) is 18.8 Å². The van der Waals surface area contributed by atoms with Crippen molar-refractivity contribution in [3.8, 4) is 0 Å². The molecule has 1 aromatic heterocycles. The molecule has 2 amide bonds. The van der Waals surface area contributed by atoms with Gasteiger partial charge >= 0.3 is 6.03 Å². The predicted octanol–water partition coefficient (Wildman–Crippen LogP) is 0.421. The molecule has 1 fully saturated rings. The topological polar surface area (TPSA) is 92.6 Å². The van der Waals surface area contributed by atoms with Crippen LogP contribution < -0.4 is 16.2 Å². The Bertz CT molecular complexity index is 566. The van der Waals surface area contributed by atoms with Gasteiger partial charge in [0.2, 0.25) is 0 Å². The molecule has 0 bridgehead atoms. The van der Waals surface area contributed by atoms with E-state index in [2.05, 4.69) is 26.6 Å². The van der Waals surface area contributed by atoms with Gasteiger partial charge in [0.15, 0.2) is 0 Å². The maximum Gasteiger partial charge on any atom is 0.319 e. The van der Waals surface area contributed by atoms with Gasteiger partial charge in [-0.25, -0.2) is 4.79 Å². The third kappa shape index (κ3) is 3.20. The normalized spacial score (nSPS) is 21.8. The summed E-state index contributed by atoms with van der Waals surface area (Å²) in [5.74, 6) is 0. The molecule has 0 radical (unpaired) electrons. The highest BCUT2D eigenvalue weighted by Crippen LogP contribution is 2.18. The second-order valence-electron chi connectivity index (χ2n) is 4.81. The largest absolute Gasteiger partial charge is 0.394 e. The summed E-state index contributed by atoms with van der Waals surface area (Å²) in [4.78, 5) is 23.8. The van der Waals surface area contributed by atoms with Crippen molar-refractivity contribution in [1.29, 1.82) is 0 Å². The quantitative estimate of drug-likeness (QED) is 0.740. The summed E-state index contributed by atoms with van der Waals surface area (Å²) in [7, 11) is 1.59. The summed E-state index contributed by atoms with van der Waals surface area (Å²) in [5, 5.41) is 14.5. The molecular weight excluding hydrogens is 330 g/mol. The molecule has 0 aromatic carbocycles. The fourth-order valence-electron chi connectivity index (χ4n) is 2.02. The minimum Gasteiger partial charge on any atom is -0.394 e. The number of carbonyl (C=O) groups is 1. The molecule has 1 aromatic rings. The Morgan fingerprint density at radius 2 is 2.40 bits per heavy atom. The van der Waals surface area contributed by atoms with Gasteiger partial charge in [-0.3, -0.25) is 4.79 Å². The first-order valence-corrected chi connectivity index (χ1v) is 6.89. The zero-order chi connectivity index (χ0) is 14.8. The SMILES string of the molecule is Cn1cc(Br)cc(NC(=O)NC2(CO)CCOC2)c1=O. The van der Waals surface area contributed by atoms with Crippen molar-refractivity contribution < 1.29 is 14.6 Å². The van der Waals surface area contributed by atoms with Crippen LogP contribution in [-0.2, 0) is 11.8 Å². The monoisotopic (exact) mass is 345 g/mol. The lowest BCUT2D eigenvalue weighted by Crippen LogP contribution is -2.53. The van der Waals surface area contributed by atoms with Gasteiger partial charge < -0.3 is 25.0 Å². The number of ether oxygens (including phenoxy) is 1. The highest BCUT2D eigenvalue weighted by Gasteiger charge is 2.36. The lowest BCUT2D eigenvalue weighted by atomic mass is 10.0. The fourth-order valence-corrected chi connectivity index (χ4v) is 2.56. The van der Waals surface area contributed by atoms with E-state index in [1.165, 1.54) is 10.6 Å². The van der Waals surface area contributed by atoms with Crippen molar-refractivity contribution >= 4 is 27.6 Å². The van der Waals surface area contributed by atoms with E-state index < -0.39 is 11.6 Å². The number of amides is 2. The molecule has 1 aliphatic rings. The zero-order valence-electron chi connectivity index (χ0n) is 11.0. The van der Waals surface area contributed by atoms with Crippen LogP contribution >= 0.6 is 15.9 Å². The van der Waals surface area contributed by atoms with E-state index >= 15 is 0 Å². The molecular formula is C12H16BrN3O4. The molecule has 110 valence electrons. The lowest BCUT2D eigenvalue weighted by Gasteiger charge is -2.26. The average Bonchev–Trinajstić information content (AvgIpc) is 2.84. The van der Waals surface area contributed by atoms with Gasteiger partial charge in [-0.15, -0.1) is 0 Å². The third-order valence-electron chi connectivity index (χ3n) is 3.18. The number of hydrogen-bond acceptors (Lipinski definition) is 4. The number of nitrogens with one attached hydrogen (secondary N) is 2. The van der Waals surface area contributed by atoms with Crippen LogP contribution in [0.1, 0.15) is 6.42 Å². The molecule has 1 atom stereocenters. The van der Waals surface area contributed by atoms with Crippen molar-refractivity contribution in [2.24, 2.45) is 7.05 Å². The van der Waals surface area contributed by atoms with Crippen LogP contribution in [0.25, 0.3) is 0 Å². The smallest absolute Gasteiger partial charge is 0.319 e. The number of aliphatic hydroxyl groups is 1. The summed E-state index contributed by atoms with van der Waals surface area (Å²) in [6.45, 7) is 0.532. The number of nitrogens with zero attached hydrogens (tertiary/aromatic N) is 1. The molecule has 0 spiro atoms. The highest BCUT2D eigenvalue weighted by molar-refractivity contribution is 9.10. The molecule has 3 N–H and O–H groups in total. The van der Waals surface area contributed by atoms with Crippen LogP contribution in [0, 0.1) is 0 Å². The van der Waals surface area contributed by atoms with Crippen LogP contribution in [0.4, 0.5) is 10.5 Å². The van der Waals surface area contributed by atoms with Gasteiger partial charge in [0.1, 0.15) is 5.69 Å². The molecule has 1 aliphatic heterocycles. The summed E-state index contributed by atoms with van der Waals surface area (Å²) >= 11 is 3.26. The van der Waals surface area contributed by atoms with E-state index in [0.29, 0.717) is 17.5 Å². The number of carbonyl (C=O) groups excluding carboxylic acids is 1. The van der Waals surface area contributed by atoms with Crippen LogP contribution in [0.3, 0.4) is 0 Å². The third-order valence-corrected chi connectivity index (χ3v) is 3.62. The summed E-state index contributed by atoms with van der Waals surface area (Å²) < 4.78 is 7.23. The molecule has 0 aliphatic carbocycles. The Balaban J connectivity index is 2.10. The number of halogens is 1. The number of hydrogen-bond donors (Lipinski definition) is 3. The molecule has 2 rings (SSSR count). The molecule has 1 saturated heterocycles. The van der Waals surface area contributed by atoms with Crippen molar-refractivity contribution in [3.05, 3.63) is 27.1 Å². The Labute approximate surface area is 124 Å². The summed E-state index contributed by atoms with van der Waals surface area (Å²) in [6, 6.07) is 0.985. The molecule has 2 heterocycles. The molecule has 1 unspecified atom stereocenters. The molecule has 8 heteroatoms. The van der Waals surface area contributed by atoms with Crippen LogP contribution in [0.5, 0.6) is 0 Å². The second kappa shape index (κ2) is 5.94. The van der Waals surface area contributed by atoms with E-state index in [0.717, 1.165) is 0 Å². The van der Waals surface area contributed by atoms with Gasteiger partial charge in [0, 0.05) is 24.3 Å². The van der Waals surface area contributed by atoms with E-state index in [-0.39, 0.29) is 24.5 Å². The van der Waals surface area contributed by atoms with E-state index in [1.54, 1.807) is 13.2 Å². The van der Waals surface area contributed by atoms with E-state index in [4.69, 9.17) is 4.74 Å². The van der Waals surface area contributed by atoms with Crippen molar-refractivity contribution in [3.63, 3.8) is 0 Å². The number of anilines is 1. The minimum atomic E-state index is -0.776. The number of urea groups is 1. The fraction of sp³-hybridized carbons (Fsp3) is 0.500. The predicted molar refractivity (Wildman–Crippen MR) is 76.8 cm³/mol. The molecule has 20 heavy (non-hydrogen) atoms. The summed E-state index contributed by atoms with van der Waals surface area (Å²) in [5.41, 5.74) is -0.933. The number of pyridine rings is 1. The number of rotatable bonds is 3. The minimum absolute atomic E-state index is 0.159. The number of aromatic nitrogens is 1. The van der Waals surface area contributed by atoms with Crippen LogP contribution in [-0.4, -0.2) is 41.1 Å². The van der Waals surface area contributed by atoms with Crippen molar-refractivity contribution in [2.45, 2.75) is 12.0 Å². The first kappa shape index (κ1) is 15.0. The number of aliphatic hydroxyl groups excluding tert-OH is 1. The maximum absolute atomic E-state index is 12.0. The maximum atomic E-state index is 12.0. The van der Waals surface area contributed by atoms with Gasteiger partial charge in [-0.05, 0) is 28.4 Å². The zero-order valence-corrected chi connectivity index (χ0v) is 12.6. The Morgan fingerprint density at radius 1 is 1.65 bits per heavy atom. The van der Waals surface area contributed by atoms with E-state index in [1.807, 2.05) is 0 Å². The highest BCUT2D eigenvalue weighted by atomic mass is 79.9. The first-order valence-electron chi connectivity index (χ1n) is 6.10. The van der Waals surface area contributed by atoms with Gasteiger partial charge in [0.25, 0.3) is 5.56 Å². The van der Waals surface area contributed by atoms with E-state index in [9.17, 15) is 14.7 Å². The number of aryl methyl sites for hydroxylation is 1. The second-order valence-corrected chi connectivity index (χ2v) is 5.72. The lowest BCUT2D eigenvalue weighted by molar-refractivity contribution is 0.126.